The second-order valence-electron chi connectivity index (χ2n) is 3.59. The Hall–Kier alpha value is -1.04. The van der Waals surface area contributed by atoms with Crippen molar-refractivity contribution in [3.05, 3.63) is 45.7 Å². The fourth-order valence-corrected chi connectivity index (χ4v) is 2.31. The molecule has 0 radical (unpaired) electrons. The molecule has 2 rings (SSSR count). The first-order chi connectivity index (χ1) is 8.22. The Morgan fingerprint density at radius 2 is 2.35 bits per heavy atom. The highest BCUT2D eigenvalue weighted by Crippen LogP contribution is 2.23. The standard InChI is InChI=1S/C11H11ClFN3S/c1-14-9(10-6-17-16-15-10)5-7-3-2-4-8(12)11(7)13/h2-4,6,9,14H,5H2,1H3. The molecule has 1 aromatic carbocycles. The van der Waals surface area contributed by atoms with Crippen LogP contribution in [-0.2, 0) is 6.42 Å². The van der Waals surface area contributed by atoms with Gasteiger partial charge in [-0.1, -0.05) is 28.2 Å². The number of rotatable bonds is 4. The van der Waals surface area contributed by atoms with Gasteiger partial charge in [0.2, 0.25) is 0 Å². The SMILES string of the molecule is CNC(Cc1cccc(Cl)c1F)c1csnn1. The minimum atomic E-state index is -0.363. The van der Waals surface area contributed by atoms with Crippen molar-refractivity contribution in [2.75, 3.05) is 7.05 Å². The van der Waals surface area contributed by atoms with E-state index in [0.29, 0.717) is 12.0 Å². The molecule has 17 heavy (non-hydrogen) atoms. The minimum absolute atomic E-state index is 0.0540. The first-order valence-corrected chi connectivity index (χ1v) is 6.31. The van der Waals surface area contributed by atoms with Crippen molar-refractivity contribution in [3.8, 4) is 0 Å². The van der Waals surface area contributed by atoms with Crippen molar-refractivity contribution in [2.24, 2.45) is 0 Å². The van der Waals surface area contributed by atoms with Gasteiger partial charge in [0.15, 0.2) is 0 Å². The first-order valence-electron chi connectivity index (χ1n) is 5.09. The van der Waals surface area contributed by atoms with E-state index >= 15 is 0 Å². The summed E-state index contributed by atoms with van der Waals surface area (Å²) >= 11 is 7.02. The van der Waals surface area contributed by atoms with Crippen LogP contribution >= 0.6 is 23.1 Å². The highest BCUT2D eigenvalue weighted by Gasteiger charge is 2.16. The lowest BCUT2D eigenvalue weighted by Crippen LogP contribution is -2.19. The summed E-state index contributed by atoms with van der Waals surface area (Å²) in [6, 6.07) is 4.96. The number of hydrogen-bond acceptors (Lipinski definition) is 4. The summed E-state index contributed by atoms with van der Waals surface area (Å²) in [5, 5.41) is 9.08. The van der Waals surface area contributed by atoms with Gasteiger partial charge in [0, 0.05) is 5.38 Å². The molecular formula is C11H11ClFN3S. The molecule has 0 aliphatic rings. The molecule has 6 heteroatoms. The van der Waals surface area contributed by atoms with Crippen LogP contribution in [0.25, 0.3) is 0 Å². The topological polar surface area (TPSA) is 37.8 Å². The average Bonchev–Trinajstić information content (AvgIpc) is 2.85. The van der Waals surface area contributed by atoms with Crippen molar-refractivity contribution >= 4 is 23.1 Å². The Balaban J connectivity index is 2.22. The molecule has 0 bridgehead atoms. The van der Waals surface area contributed by atoms with Gasteiger partial charge in [-0.15, -0.1) is 5.10 Å². The maximum atomic E-state index is 13.7. The van der Waals surface area contributed by atoms with Crippen LogP contribution in [0.15, 0.2) is 23.6 Å². The third kappa shape index (κ3) is 2.80. The van der Waals surface area contributed by atoms with Crippen molar-refractivity contribution in [3.63, 3.8) is 0 Å². The van der Waals surface area contributed by atoms with Crippen LogP contribution in [0.2, 0.25) is 5.02 Å². The summed E-state index contributed by atoms with van der Waals surface area (Å²) in [6.07, 6.45) is 0.494. The maximum Gasteiger partial charge on any atom is 0.145 e. The number of likely N-dealkylation sites (N-methyl/N-ethyl adjacent to an activating group) is 1. The largest absolute Gasteiger partial charge is 0.311 e. The summed E-state index contributed by atoms with van der Waals surface area (Å²) in [4.78, 5) is 0. The predicted molar refractivity (Wildman–Crippen MR) is 66.8 cm³/mol. The Bertz CT molecular complexity index is 489. The van der Waals surface area contributed by atoms with Gasteiger partial charge in [-0.3, -0.25) is 0 Å². The number of halogens is 2. The van der Waals surface area contributed by atoms with Crippen LogP contribution in [0, 0.1) is 5.82 Å². The smallest absolute Gasteiger partial charge is 0.145 e. The molecular weight excluding hydrogens is 261 g/mol. The van der Waals surface area contributed by atoms with Gasteiger partial charge < -0.3 is 5.32 Å². The van der Waals surface area contributed by atoms with Crippen LogP contribution in [-0.4, -0.2) is 16.6 Å². The van der Waals surface area contributed by atoms with Crippen LogP contribution in [0.5, 0.6) is 0 Å². The van der Waals surface area contributed by atoms with Crippen LogP contribution < -0.4 is 5.32 Å². The molecule has 1 aromatic heterocycles. The highest BCUT2D eigenvalue weighted by molar-refractivity contribution is 7.03. The fourth-order valence-electron chi connectivity index (χ4n) is 1.60. The Kier molecular flexibility index (Phi) is 4.04. The lowest BCUT2D eigenvalue weighted by atomic mass is 10.0. The minimum Gasteiger partial charge on any atom is -0.311 e. The molecule has 3 nitrogen and oxygen atoms in total. The maximum absolute atomic E-state index is 13.7. The fraction of sp³-hybridized carbons (Fsp3) is 0.273. The summed E-state index contributed by atoms with van der Waals surface area (Å²) in [5.74, 6) is -0.363. The van der Waals surface area contributed by atoms with Crippen LogP contribution in [0.1, 0.15) is 17.3 Å². The number of nitrogens with one attached hydrogen (secondary N) is 1. The van der Waals surface area contributed by atoms with E-state index < -0.39 is 0 Å². The third-order valence-electron chi connectivity index (χ3n) is 2.54. The molecule has 0 amide bonds. The van der Waals surface area contributed by atoms with E-state index in [-0.39, 0.29) is 16.9 Å². The molecule has 0 saturated carbocycles. The summed E-state index contributed by atoms with van der Waals surface area (Å²) in [6.45, 7) is 0. The third-order valence-corrected chi connectivity index (χ3v) is 3.35. The van der Waals surface area contributed by atoms with Gasteiger partial charge in [-0.25, -0.2) is 4.39 Å². The van der Waals surface area contributed by atoms with Gasteiger partial charge in [-0.2, -0.15) is 0 Å². The summed E-state index contributed by atoms with van der Waals surface area (Å²) in [7, 11) is 1.81. The zero-order valence-corrected chi connectivity index (χ0v) is 10.7. The van der Waals surface area contributed by atoms with Crippen molar-refractivity contribution in [1.82, 2.24) is 14.9 Å². The molecule has 0 saturated heterocycles. The van der Waals surface area contributed by atoms with Crippen LogP contribution in [0.4, 0.5) is 4.39 Å². The lowest BCUT2D eigenvalue weighted by molar-refractivity contribution is 0.544. The van der Waals surface area contributed by atoms with E-state index in [1.54, 1.807) is 18.2 Å². The number of nitrogens with zero attached hydrogens (tertiary/aromatic N) is 2. The van der Waals surface area contributed by atoms with Crippen LogP contribution in [0.3, 0.4) is 0 Å². The van der Waals surface area contributed by atoms with E-state index in [1.165, 1.54) is 11.5 Å². The first kappa shape index (κ1) is 12.4. The summed E-state index contributed by atoms with van der Waals surface area (Å²) < 4.78 is 17.6. The summed E-state index contributed by atoms with van der Waals surface area (Å²) in [5.41, 5.74) is 1.39. The Morgan fingerprint density at radius 1 is 1.53 bits per heavy atom. The molecule has 1 atom stereocenters. The van der Waals surface area contributed by atoms with Gasteiger partial charge >= 0.3 is 0 Å². The van der Waals surface area contributed by atoms with Gasteiger partial charge in [0.1, 0.15) is 5.82 Å². The lowest BCUT2D eigenvalue weighted by Gasteiger charge is -2.14. The van der Waals surface area contributed by atoms with E-state index in [9.17, 15) is 4.39 Å². The second-order valence-corrected chi connectivity index (χ2v) is 4.61. The molecule has 2 aromatic rings. The Labute approximate surface area is 108 Å². The quantitative estimate of drug-likeness (QED) is 0.929. The number of aromatic nitrogens is 2. The molecule has 1 heterocycles. The van der Waals surface area contributed by atoms with Crippen molar-refractivity contribution in [2.45, 2.75) is 12.5 Å². The molecule has 1 N–H and O–H groups in total. The second kappa shape index (κ2) is 5.53. The van der Waals surface area contributed by atoms with Gasteiger partial charge in [-0.05, 0) is 36.6 Å². The predicted octanol–water partition coefficient (Wildman–Crippen LogP) is 2.83. The molecule has 1 unspecified atom stereocenters. The van der Waals surface area contributed by atoms with E-state index in [1.807, 2.05) is 12.4 Å². The van der Waals surface area contributed by atoms with E-state index in [2.05, 4.69) is 14.9 Å². The zero-order valence-electron chi connectivity index (χ0n) is 9.15. The molecule has 0 fully saturated rings. The monoisotopic (exact) mass is 271 g/mol. The van der Waals surface area contributed by atoms with E-state index in [0.717, 1.165) is 5.69 Å². The van der Waals surface area contributed by atoms with Crippen molar-refractivity contribution < 1.29 is 4.39 Å². The number of benzene rings is 1. The van der Waals surface area contributed by atoms with Crippen molar-refractivity contribution in [1.29, 1.82) is 0 Å². The molecule has 0 aliphatic heterocycles. The molecule has 0 spiro atoms. The molecule has 90 valence electrons. The van der Waals surface area contributed by atoms with E-state index in [4.69, 9.17) is 11.6 Å². The highest BCUT2D eigenvalue weighted by atomic mass is 35.5. The number of hydrogen-bond donors (Lipinski definition) is 1. The zero-order chi connectivity index (χ0) is 12.3. The normalized spacial score (nSPS) is 12.6. The average molecular weight is 272 g/mol. The van der Waals surface area contributed by atoms with Gasteiger partial charge in [0.25, 0.3) is 0 Å². The van der Waals surface area contributed by atoms with Gasteiger partial charge in [0.05, 0.1) is 16.8 Å². The molecule has 0 aliphatic carbocycles. The Morgan fingerprint density at radius 3 is 3.00 bits per heavy atom.